The highest BCUT2D eigenvalue weighted by molar-refractivity contribution is 6.31. The average molecular weight is 247 g/mol. The van der Waals surface area contributed by atoms with E-state index < -0.39 is 10.7 Å². The molecule has 0 bridgehead atoms. The molecule has 0 saturated heterocycles. The molecule has 1 aromatic rings. The van der Waals surface area contributed by atoms with Crippen molar-refractivity contribution in [3.05, 3.63) is 34.6 Å². The first-order valence-corrected chi connectivity index (χ1v) is 5.33. The molecule has 3 atom stereocenters. The maximum atomic E-state index is 12.9. The summed E-state index contributed by atoms with van der Waals surface area (Å²) in [5.41, 5.74) is 0.816. The average Bonchev–Trinajstić information content (AvgIpc) is 2.73. The highest BCUT2D eigenvalue weighted by Gasteiger charge is 2.61. The van der Waals surface area contributed by atoms with E-state index >= 15 is 0 Å². The van der Waals surface area contributed by atoms with Gasteiger partial charge in [-0.3, -0.25) is 0 Å². The van der Waals surface area contributed by atoms with E-state index in [1.807, 2.05) is 0 Å². The first-order chi connectivity index (χ1) is 6.98. The van der Waals surface area contributed by atoms with Crippen LogP contribution >= 0.6 is 23.2 Å². The van der Waals surface area contributed by atoms with Gasteiger partial charge in [-0.2, -0.15) is 0 Å². The fraction of sp³-hybridized carbons (Fsp3) is 0.364. The van der Waals surface area contributed by atoms with E-state index in [0.29, 0.717) is 0 Å². The van der Waals surface area contributed by atoms with Crippen LogP contribution in [0.5, 0.6) is 0 Å². The van der Waals surface area contributed by atoms with Crippen LogP contribution in [0.3, 0.4) is 0 Å². The zero-order valence-corrected chi connectivity index (χ0v) is 9.52. The Hall–Kier alpha value is -0.600. The molecule has 0 N–H and O–H groups in total. The Morgan fingerprint density at radius 1 is 1.53 bits per heavy atom. The molecule has 0 aromatic heterocycles. The molecular weight excluding hydrogens is 238 g/mol. The molecule has 1 aromatic carbocycles. The van der Waals surface area contributed by atoms with Crippen molar-refractivity contribution in [3.63, 3.8) is 0 Å². The van der Waals surface area contributed by atoms with Crippen LogP contribution in [-0.4, -0.2) is 11.2 Å². The minimum atomic E-state index is -0.553. The fourth-order valence-electron chi connectivity index (χ4n) is 1.96. The molecule has 1 saturated carbocycles. The number of alkyl halides is 1. The van der Waals surface area contributed by atoms with Gasteiger partial charge < -0.3 is 4.79 Å². The third-order valence-electron chi connectivity index (χ3n) is 2.96. The lowest BCUT2D eigenvalue weighted by Crippen LogP contribution is -1.95. The third kappa shape index (κ3) is 1.66. The predicted molar refractivity (Wildman–Crippen MR) is 58.0 cm³/mol. The van der Waals surface area contributed by atoms with Gasteiger partial charge in [0.2, 0.25) is 0 Å². The number of hydrogen-bond donors (Lipinski definition) is 0. The summed E-state index contributed by atoms with van der Waals surface area (Å²) in [4.78, 5) is 10.2. The monoisotopic (exact) mass is 246 g/mol. The van der Waals surface area contributed by atoms with Gasteiger partial charge >= 0.3 is 0 Å². The van der Waals surface area contributed by atoms with Gasteiger partial charge in [-0.15, -0.1) is 11.6 Å². The van der Waals surface area contributed by atoms with Crippen molar-refractivity contribution < 1.29 is 9.18 Å². The van der Waals surface area contributed by atoms with Crippen molar-refractivity contribution in [2.75, 3.05) is 0 Å². The van der Waals surface area contributed by atoms with Gasteiger partial charge in [-0.1, -0.05) is 17.7 Å². The molecule has 0 amide bonds. The molecular formula is C11H9Cl2FO. The van der Waals surface area contributed by atoms with E-state index in [9.17, 15) is 9.18 Å². The van der Waals surface area contributed by atoms with Gasteiger partial charge in [0.15, 0.2) is 0 Å². The van der Waals surface area contributed by atoms with Crippen LogP contribution in [-0.2, 0) is 4.79 Å². The van der Waals surface area contributed by atoms with Crippen molar-refractivity contribution in [3.8, 4) is 0 Å². The highest BCUT2D eigenvalue weighted by Crippen LogP contribution is 2.60. The molecule has 0 radical (unpaired) electrons. The van der Waals surface area contributed by atoms with E-state index in [-0.39, 0.29) is 16.9 Å². The molecule has 1 aliphatic rings. The van der Waals surface area contributed by atoms with Crippen molar-refractivity contribution >= 4 is 29.5 Å². The zero-order valence-electron chi connectivity index (χ0n) is 8.01. The topological polar surface area (TPSA) is 17.1 Å². The molecule has 1 fully saturated rings. The van der Waals surface area contributed by atoms with E-state index in [4.69, 9.17) is 23.2 Å². The Morgan fingerprint density at radius 2 is 2.20 bits per heavy atom. The Kier molecular flexibility index (Phi) is 2.52. The lowest BCUT2D eigenvalue weighted by atomic mass is 10.1. The number of carbonyl (C=O) groups excluding carboxylic acids is 1. The Bertz CT molecular complexity index is 417. The second-order valence-corrected chi connectivity index (χ2v) is 5.19. The Labute approximate surface area is 97.2 Å². The molecule has 80 valence electrons. The number of hydrogen-bond acceptors (Lipinski definition) is 1. The number of benzene rings is 1. The summed E-state index contributed by atoms with van der Waals surface area (Å²) in [6.07, 6.45) is 0.842. The SMILES string of the molecule is CC1(Cl)C(C=O)C1c1ccc(F)c(Cl)c1. The summed E-state index contributed by atoms with van der Waals surface area (Å²) in [6, 6.07) is 4.45. The predicted octanol–water partition coefficient (Wildman–Crippen LogP) is 3.39. The standard InChI is InChI=1S/C11H9Cl2FO/c1-11(13)7(5-15)10(11)6-2-3-9(14)8(12)4-6/h2-5,7,10H,1H3. The van der Waals surface area contributed by atoms with Gasteiger partial charge in [-0.25, -0.2) is 4.39 Å². The number of aldehydes is 1. The van der Waals surface area contributed by atoms with Crippen molar-refractivity contribution in [1.29, 1.82) is 0 Å². The van der Waals surface area contributed by atoms with Crippen molar-refractivity contribution in [1.82, 2.24) is 0 Å². The highest BCUT2D eigenvalue weighted by atomic mass is 35.5. The van der Waals surface area contributed by atoms with Crippen molar-refractivity contribution in [2.45, 2.75) is 17.7 Å². The third-order valence-corrected chi connectivity index (χ3v) is 3.74. The van der Waals surface area contributed by atoms with Gasteiger partial charge in [0, 0.05) is 11.8 Å². The minimum absolute atomic E-state index is 0.0604. The van der Waals surface area contributed by atoms with Crippen molar-refractivity contribution in [2.24, 2.45) is 5.92 Å². The Morgan fingerprint density at radius 3 is 2.67 bits per heavy atom. The Balaban J connectivity index is 2.33. The van der Waals surface area contributed by atoms with E-state index in [1.165, 1.54) is 12.1 Å². The number of carbonyl (C=O) groups is 1. The first-order valence-electron chi connectivity index (χ1n) is 4.57. The summed E-state index contributed by atoms with van der Waals surface area (Å²) in [7, 11) is 0. The van der Waals surface area contributed by atoms with E-state index in [0.717, 1.165) is 11.8 Å². The molecule has 4 heteroatoms. The number of rotatable bonds is 2. The zero-order chi connectivity index (χ0) is 11.2. The van der Waals surface area contributed by atoms with Gasteiger partial charge in [0.25, 0.3) is 0 Å². The van der Waals surface area contributed by atoms with Gasteiger partial charge in [0.05, 0.1) is 9.90 Å². The summed E-state index contributed by atoms with van der Waals surface area (Å²) in [5, 5.41) is 0.0662. The first kappa shape index (κ1) is 10.9. The van der Waals surface area contributed by atoms with E-state index in [1.54, 1.807) is 13.0 Å². The van der Waals surface area contributed by atoms with Gasteiger partial charge in [0.1, 0.15) is 12.1 Å². The van der Waals surface area contributed by atoms with Crippen LogP contribution < -0.4 is 0 Å². The fourth-order valence-corrected chi connectivity index (χ4v) is 2.53. The lowest BCUT2D eigenvalue weighted by molar-refractivity contribution is -0.109. The summed E-state index contributed by atoms with van der Waals surface area (Å²) < 4.78 is 12.9. The maximum absolute atomic E-state index is 12.9. The molecule has 0 aliphatic heterocycles. The molecule has 0 spiro atoms. The summed E-state index contributed by atoms with van der Waals surface area (Å²) in [5.74, 6) is -0.726. The smallest absolute Gasteiger partial charge is 0.141 e. The summed E-state index contributed by atoms with van der Waals surface area (Å²) >= 11 is 11.8. The van der Waals surface area contributed by atoms with Crippen LogP contribution in [0.1, 0.15) is 18.4 Å². The molecule has 15 heavy (non-hydrogen) atoms. The molecule has 1 aliphatic carbocycles. The quantitative estimate of drug-likeness (QED) is 0.578. The van der Waals surface area contributed by atoms with Crippen LogP contribution in [0.2, 0.25) is 5.02 Å². The lowest BCUT2D eigenvalue weighted by Gasteiger charge is -2.02. The van der Waals surface area contributed by atoms with Crippen LogP contribution in [0.15, 0.2) is 18.2 Å². The molecule has 1 nitrogen and oxygen atoms in total. The second-order valence-electron chi connectivity index (χ2n) is 3.96. The van der Waals surface area contributed by atoms with E-state index in [2.05, 4.69) is 0 Å². The molecule has 3 unspecified atom stereocenters. The van der Waals surface area contributed by atoms with Crippen LogP contribution in [0.25, 0.3) is 0 Å². The molecule has 2 rings (SSSR count). The summed E-state index contributed by atoms with van der Waals surface area (Å²) in [6.45, 7) is 1.80. The minimum Gasteiger partial charge on any atom is -0.303 e. The second kappa shape index (κ2) is 3.46. The van der Waals surface area contributed by atoms with Crippen LogP contribution in [0.4, 0.5) is 4.39 Å². The molecule has 0 heterocycles. The number of halogens is 3. The maximum Gasteiger partial charge on any atom is 0.141 e. The normalized spacial score (nSPS) is 33.9. The van der Waals surface area contributed by atoms with Crippen LogP contribution in [0, 0.1) is 11.7 Å². The largest absolute Gasteiger partial charge is 0.303 e. The van der Waals surface area contributed by atoms with Gasteiger partial charge in [-0.05, 0) is 24.6 Å².